The lowest BCUT2D eigenvalue weighted by Gasteiger charge is -2.10. The number of benzene rings is 1. The predicted octanol–water partition coefficient (Wildman–Crippen LogP) is 1.92. The Bertz CT molecular complexity index is 415. The number of hydrogen-bond acceptors (Lipinski definition) is 4. The Morgan fingerprint density at radius 1 is 1.40 bits per heavy atom. The molecule has 2 N–H and O–H groups in total. The van der Waals surface area contributed by atoms with E-state index in [1.54, 1.807) is 12.1 Å². The zero-order valence-electron chi connectivity index (χ0n) is 11.0. The molecule has 0 saturated carbocycles. The predicted molar refractivity (Wildman–Crippen MR) is 73.4 cm³/mol. The second-order valence-electron chi connectivity index (χ2n) is 3.90. The Morgan fingerprint density at radius 3 is 2.60 bits per heavy atom. The molecule has 1 aromatic carbocycles. The summed E-state index contributed by atoms with van der Waals surface area (Å²) in [6, 6.07) is 7.22. The van der Waals surface area contributed by atoms with E-state index in [2.05, 4.69) is 5.32 Å². The topological polar surface area (TPSA) is 58.6 Å². The van der Waals surface area contributed by atoms with Crippen LogP contribution >= 0.6 is 11.8 Å². The molecule has 0 radical (unpaired) electrons. The van der Waals surface area contributed by atoms with E-state index >= 15 is 0 Å². The van der Waals surface area contributed by atoms with Gasteiger partial charge in [-0.25, -0.2) is 8.78 Å². The highest BCUT2D eigenvalue weighted by Gasteiger charge is 2.17. The van der Waals surface area contributed by atoms with E-state index in [4.69, 9.17) is 9.84 Å². The van der Waals surface area contributed by atoms with E-state index in [1.807, 2.05) is 19.1 Å². The van der Waals surface area contributed by atoms with E-state index in [9.17, 15) is 13.6 Å². The fraction of sp³-hybridized carbons (Fsp3) is 0.462. The fourth-order valence-corrected chi connectivity index (χ4v) is 2.03. The van der Waals surface area contributed by atoms with E-state index in [0.29, 0.717) is 6.61 Å². The van der Waals surface area contributed by atoms with Crippen LogP contribution in [0.15, 0.2) is 29.2 Å². The molecule has 1 amide bonds. The summed E-state index contributed by atoms with van der Waals surface area (Å²) in [5, 5.41) is 11.1. The monoisotopic (exact) mass is 305 g/mol. The van der Waals surface area contributed by atoms with Crippen LogP contribution in [0, 0.1) is 0 Å². The van der Waals surface area contributed by atoms with Crippen LogP contribution < -0.4 is 10.1 Å². The summed E-state index contributed by atoms with van der Waals surface area (Å²) < 4.78 is 29.3. The first-order valence-corrected chi connectivity index (χ1v) is 7.10. The van der Waals surface area contributed by atoms with Crippen molar-refractivity contribution in [1.29, 1.82) is 0 Å². The quantitative estimate of drug-likeness (QED) is 0.721. The number of hydrogen-bond donors (Lipinski definition) is 2. The maximum Gasteiger partial charge on any atom is 0.265 e. The summed E-state index contributed by atoms with van der Waals surface area (Å²) in [7, 11) is 0. The number of ether oxygens (including phenoxy) is 1. The fourth-order valence-electron chi connectivity index (χ4n) is 1.31. The van der Waals surface area contributed by atoms with Crippen LogP contribution in [0.3, 0.4) is 0 Å². The number of carbonyl (C=O) groups is 1. The number of aliphatic hydroxyl groups is 1. The van der Waals surface area contributed by atoms with Crippen LogP contribution in [-0.4, -0.2) is 42.4 Å². The van der Waals surface area contributed by atoms with Crippen LogP contribution in [-0.2, 0) is 4.79 Å². The van der Waals surface area contributed by atoms with Crippen LogP contribution in [0.25, 0.3) is 0 Å². The summed E-state index contributed by atoms with van der Waals surface area (Å²) in [6.07, 6.45) is -4.68. The van der Waals surface area contributed by atoms with Crippen molar-refractivity contribution in [2.75, 3.05) is 18.9 Å². The first-order chi connectivity index (χ1) is 9.52. The SMILES string of the molecule is CCOc1ccc(SCC(=O)NCC(O)C(F)F)cc1. The van der Waals surface area contributed by atoms with Crippen molar-refractivity contribution in [3.8, 4) is 5.75 Å². The Kier molecular flexibility index (Phi) is 7.32. The molecule has 0 aliphatic rings. The third-order valence-corrected chi connectivity index (χ3v) is 3.32. The molecule has 0 aliphatic heterocycles. The van der Waals surface area contributed by atoms with Crippen molar-refractivity contribution >= 4 is 17.7 Å². The van der Waals surface area contributed by atoms with Gasteiger partial charge < -0.3 is 15.2 Å². The van der Waals surface area contributed by atoms with Crippen LogP contribution in [0.4, 0.5) is 8.78 Å². The number of amides is 1. The molecule has 0 spiro atoms. The van der Waals surface area contributed by atoms with Gasteiger partial charge >= 0.3 is 0 Å². The van der Waals surface area contributed by atoms with Gasteiger partial charge in [-0.1, -0.05) is 0 Å². The molecule has 0 aliphatic carbocycles. The second kappa shape index (κ2) is 8.76. The summed E-state index contributed by atoms with van der Waals surface area (Å²) >= 11 is 1.28. The molecule has 0 bridgehead atoms. The van der Waals surface area contributed by atoms with E-state index in [1.165, 1.54) is 11.8 Å². The third-order valence-electron chi connectivity index (χ3n) is 2.30. The van der Waals surface area contributed by atoms with E-state index in [-0.39, 0.29) is 5.75 Å². The summed E-state index contributed by atoms with van der Waals surface area (Å²) in [5.41, 5.74) is 0. The van der Waals surface area contributed by atoms with Gasteiger partial charge in [-0.15, -0.1) is 11.8 Å². The highest BCUT2D eigenvalue weighted by atomic mass is 32.2. The standard InChI is InChI=1S/C13H17F2NO3S/c1-2-19-9-3-5-10(6-4-9)20-8-12(18)16-7-11(17)13(14)15/h3-6,11,13,17H,2,7-8H2,1H3,(H,16,18). The smallest absolute Gasteiger partial charge is 0.265 e. The van der Waals surface area contributed by atoms with Crippen LogP contribution in [0.5, 0.6) is 5.75 Å². The average Bonchev–Trinajstić information content (AvgIpc) is 2.44. The Morgan fingerprint density at radius 2 is 2.05 bits per heavy atom. The highest BCUT2D eigenvalue weighted by molar-refractivity contribution is 8.00. The van der Waals surface area contributed by atoms with Crippen LogP contribution in [0.1, 0.15) is 6.92 Å². The number of aliphatic hydroxyl groups excluding tert-OH is 1. The Balaban J connectivity index is 2.30. The summed E-state index contributed by atoms with van der Waals surface area (Å²) in [5.74, 6) is 0.453. The number of rotatable bonds is 8. The summed E-state index contributed by atoms with van der Waals surface area (Å²) in [6.45, 7) is 2.03. The van der Waals surface area contributed by atoms with Gasteiger partial charge in [-0.05, 0) is 31.2 Å². The largest absolute Gasteiger partial charge is 0.494 e. The lowest BCUT2D eigenvalue weighted by Crippen LogP contribution is -2.36. The Hall–Kier alpha value is -1.34. The van der Waals surface area contributed by atoms with Gasteiger partial charge in [0.15, 0.2) is 0 Å². The van der Waals surface area contributed by atoms with E-state index in [0.717, 1.165) is 10.6 Å². The molecule has 20 heavy (non-hydrogen) atoms. The molecule has 0 fully saturated rings. The molecular formula is C13H17F2NO3S. The van der Waals surface area contributed by atoms with Crippen molar-refractivity contribution in [3.63, 3.8) is 0 Å². The molecule has 0 saturated heterocycles. The van der Waals surface area contributed by atoms with Gasteiger partial charge in [0.2, 0.25) is 5.91 Å². The van der Waals surface area contributed by atoms with Gasteiger partial charge in [0.1, 0.15) is 11.9 Å². The lowest BCUT2D eigenvalue weighted by atomic mass is 10.3. The molecule has 1 unspecified atom stereocenters. The number of halogens is 2. The minimum absolute atomic E-state index is 0.101. The van der Waals surface area contributed by atoms with Crippen molar-refractivity contribution < 1.29 is 23.4 Å². The molecular weight excluding hydrogens is 288 g/mol. The molecule has 1 atom stereocenters. The maximum absolute atomic E-state index is 12.0. The normalized spacial score (nSPS) is 12.2. The highest BCUT2D eigenvalue weighted by Crippen LogP contribution is 2.21. The molecule has 1 rings (SSSR count). The maximum atomic E-state index is 12.0. The zero-order valence-corrected chi connectivity index (χ0v) is 11.8. The molecule has 112 valence electrons. The third kappa shape index (κ3) is 6.21. The first-order valence-electron chi connectivity index (χ1n) is 6.11. The number of nitrogens with one attached hydrogen (secondary N) is 1. The molecule has 0 aromatic heterocycles. The van der Waals surface area contributed by atoms with Gasteiger partial charge in [-0.3, -0.25) is 4.79 Å². The zero-order chi connectivity index (χ0) is 15.0. The number of alkyl halides is 2. The van der Waals surface area contributed by atoms with Gasteiger partial charge in [0.05, 0.1) is 12.4 Å². The number of thioether (sulfide) groups is 1. The van der Waals surface area contributed by atoms with Gasteiger partial charge in [0.25, 0.3) is 6.43 Å². The second-order valence-corrected chi connectivity index (χ2v) is 4.95. The van der Waals surface area contributed by atoms with Crippen molar-refractivity contribution in [3.05, 3.63) is 24.3 Å². The van der Waals surface area contributed by atoms with Gasteiger partial charge in [0, 0.05) is 11.4 Å². The molecule has 1 aromatic rings. The first kappa shape index (κ1) is 16.7. The molecule has 4 nitrogen and oxygen atoms in total. The average molecular weight is 305 g/mol. The summed E-state index contributed by atoms with van der Waals surface area (Å²) in [4.78, 5) is 12.3. The minimum Gasteiger partial charge on any atom is -0.494 e. The van der Waals surface area contributed by atoms with Crippen molar-refractivity contribution in [2.24, 2.45) is 0 Å². The van der Waals surface area contributed by atoms with Crippen molar-refractivity contribution in [2.45, 2.75) is 24.3 Å². The Labute approximate surface area is 120 Å². The minimum atomic E-state index is -2.85. The van der Waals surface area contributed by atoms with Crippen molar-refractivity contribution in [1.82, 2.24) is 5.32 Å². The number of carbonyl (C=O) groups excluding carboxylic acids is 1. The molecule has 7 heteroatoms. The molecule has 0 heterocycles. The lowest BCUT2D eigenvalue weighted by molar-refractivity contribution is -0.119. The van der Waals surface area contributed by atoms with E-state index < -0.39 is 25.0 Å². The van der Waals surface area contributed by atoms with Crippen LogP contribution in [0.2, 0.25) is 0 Å². The van der Waals surface area contributed by atoms with Gasteiger partial charge in [-0.2, -0.15) is 0 Å².